The minimum absolute atomic E-state index is 0.0459. The lowest BCUT2D eigenvalue weighted by Gasteiger charge is -2.45. The van der Waals surface area contributed by atoms with Crippen molar-refractivity contribution in [2.45, 2.75) is 31.2 Å². The second-order valence-corrected chi connectivity index (χ2v) is 4.75. The van der Waals surface area contributed by atoms with Crippen molar-refractivity contribution in [1.82, 2.24) is 4.90 Å². The molecule has 0 spiro atoms. The highest BCUT2D eigenvalue weighted by Crippen LogP contribution is 2.41. The molecule has 2 amide bonds. The van der Waals surface area contributed by atoms with Gasteiger partial charge in [-0.2, -0.15) is 0 Å². The Hall–Kier alpha value is -2.05. The van der Waals surface area contributed by atoms with Gasteiger partial charge >= 0.3 is 6.09 Å². The summed E-state index contributed by atoms with van der Waals surface area (Å²) in [5.41, 5.74) is -2.38. The number of carbonyl (C=O) groups excluding carboxylic acids is 1. The van der Waals surface area contributed by atoms with Crippen molar-refractivity contribution in [2.24, 2.45) is 0 Å². The second kappa shape index (κ2) is 4.81. The minimum Gasteiger partial charge on any atom is -0.465 e. The number of carbonyl (C=O) groups is 2. The van der Waals surface area contributed by atoms with Crippen molar-refractivity contribution in [3.63, 3.8) is 0 Å². The maximum Gasteiger partial charge on any atom is 0.415 e. The van der Waals surface area contributed by atoms with E-state index in [1.807, 2.05) is 0 Å². The van der Waals surface area contributed by atoms with E-state index in [0.29, 0.717) is 0 Å². The second-order valence-electron chi connectivity index (χ2n) is 4.75. The first kappa shape index (κ1) is 14.4. The molecule has 1 aliphatic heterocycles. The van der Waals surface area contributed by atoms with Crippen LogP contribution in [-0.2, 0) is 10.3 Å². The molecule has 1 saturated heterocycles. The lowest BCUT2D eigenvalue weighted by atomic mass is 9.79. The number of hydrogen-bond acceptors (Lipinski definition) is 2. The van der Waals surface area contributed by atoms with Crippen LogP contribution in [0.2, 0.25) is 0 Å². The zero-order chi connectivity index (χ0) is 15.1. The maximum absolute atomic E-state index is 14.3. The van der Waals surface area contributed by atoms with E-state index < -0.39 is 42.1 Å². The predicted octanol–water partition coefficient (Wildman–Crippen LogP) is 2.63. The van der Waals surface area contributed by atoms with Crippen LogP contribution in [0.25, 0.3) is 0 Å². The van der Waals surface area contributed by atoms with Crippen LogP contribution in [0.5, 0.6) is 0 Å². The van der Waals surface area contributed by atoms with Gasteiger partial charge in [-0.25, -0.2) is 22.9 Å². The van der Waals surface area contributed by atoms with Gasteiger partial charge < -0.3 is 5.11 Å². The molecule has 1 N–H and O–H groups in total. The quantitative estimate of drug-likeness (QED) is 0.863. The molecule has 1 aromatic carbocycles. The van der Waals surface area contributed by atoms with Crippen molar-refractivity contribution in [3.05, 3.63) is 35.6 Å². The molecular weight excluding hydrogens is 275 g/mol. The molecule has 1 unspecified atom stereocenters. The number of benzene rings is 1. The van der Waals surface area contributed by atoms with Crippen LogP contribution in [0.15, 0.2) is 24.3 Å². The molecule has 1 aliphatic rings. The van der Waals surface area contributed by atoms with E-state index in [9.17, 15) is 22.8 Å². The van der Waals surface area contributed by atoms with Gasteiger partial charge in [-0.15, -0.1) is 0 Å². The number of alkyl halides is 2. The largest absolute Gasteiger partial charge is 0.465 e. The van der Waals surface area contributed by atoms with Gasteiger partial charge in [0.15, 0.2) is 6.17 Å². The van der Waals surface area contributed by atoms with E-state index in [0.717, 1.165) is 13.0 Å². The minimum atomic E-state index is -2.25. The summed E-state index contributed by atoms with van der Waals surface area (Å²) in [5, 5.41) is 9.08. The molecule has 3 atom stereocenters. The first-order valence-electron chi connectivity index (χ1n) is 5.90. The summed E-state index contributed by atoms with van der Waals surface area (Å²) in [4.78, 5) is 22.9. The molecule has 4 nitrogen and oxygen atoms in total. The van der Waals surface area contributed by atoms with Crippen molar-refractivity contribution in [2.75, 3.05) is 0 Å². The number of nitrogens with zero attached hydrogens (tertiary/aromatic N) is 1. The van der Waals surface area contributed by atoms with Gasteiger partial charge in [-0.3, -0.25) is 4.79 Å². The third-order valence-corrected chi connectivity index (χ3v) is 3.59. The molecule has 0 radical (unpaired) electrons. The third kappa shape index (κ3) is 1.93. The smallest absolute Gasteiger partial charge is 0.415 e. The molecule has 0 saturated carbocycles. The maximum atomic E-state index is 14.3. The molecular formula is C13H12F3NO3. The van der Waals surface area contributed by atoms with Crippen molar-refractivity contribution < 1.29 is 27.9 Å². The lowest BCUT2D eigenvalue weighted by molar-refractivity contribution is -0.151. The van der Waals surface area contributed by atoms with Crippen LogP contribution in [0.4, 0.5) is 18.0 Å². The number of halogens is 3. The summed E-state index contributed by atoms with van der Waals surface area (Å²) in [6, 6.07) is 4.95. The van der Waals surface area contributed by atoms with Gasteiger partial charge in [0.05, 0.1) is 0 Å². The Bertz CT molecular complexity index is 566. The first-order chi connectivity index (χ1) is 9.30. The molecule has 1 heterocycles. The number of carboxylic acid groups (broad SMARTS) is 1. The van der Waals surface area contributed by atoms with E-state index in [2.05, 4.69) is 0 Å². The normalized spacial score (nSPS) is 30.4. The molecule has 1 aromatic rings. The zero-order valence-corrected chi connectivity index (χ0v) is 10.5. The summed E-state index contributed by atoms with van der Waals surface area (Å²) in [6.07, 6.45) is -6.90. The van der Waals surface area contributed by atoms with Crippen molar-refractivity contribution >= 4 is 12.0 Å². The number of amides is 2. The molecule has 20 heavy (non-hydrogen) atoms. The highest BCUT2D eigenvalue weighted by atomic mass is 19.1. The van der Waals surface area contributed by atoms with Gasteiger partial charge in [-0.1, -0.05) is 18.2 Å². The molecule has 7 heteroatoms. The number of hydrogen-bond donors (Lipinski definition) is 1. The van der Waals surface area contributed by atoms with Gasteiger partial charge in [0, 0.05) is 12.0 Å². The number of rotatable bonds is 1. The zero-order valence-electron chi connectivity index (χ0n) is 10.5. The number of imide groups is 1. The predicted molar refractivity (Wildman–Crippen MR) is 63.0 cm³/mol. The van der Waals surface area contributed by atoms with E-state index in [1.165, 1.54) is 18.2 Å². The number of likely N-dealkylation sites (tertiary alicyclic amines) is 1. The van der Waals surface area contributed by atoms with E-state index in [-0.39, 0.29) is 10.5 Å². The summed E-state index contributed by atoms with van der Waals surface area (Å²) < 4.78 is 41.5. The molecule has 2 rings (SSSR count). The van der Waals surface area contributed by atoms with Crippen LogP contribution >= 0.6 is 0 Å². The highest BCUT2D eigenvalue weighted by Gasteiger charge is 2.55. The van der Waals surface area contributed by atoms with E-state index in [1.54, 1.807) is 0 Å². The van der Waals surface area contributed by atoms with Crippen molar-refractivity contribution in [1.29, 1.82) is 0 Å². The molecule has 0 aromatic heterocycles. The van der Waals surface area contributed by atoms with E-state index >= 15 is 0 Å². The summed E-state index contributed by atoms with van der Waals surface area (Å²) in [6.45, 7) is 1.08. The Morgan fingerprint density at radius 2 is 2.00 bits per heavy atom. The fraction of sp³-hybridized carbons (Fsp3) is 0.385. The van der Waals surface area contributed by atoms with Crippen molar-refractivity contribution in [3.8, 4) is 0 Å². The van der Waals surface area contributed by atoms with Crippen LogP contribution in [0, 0.1) is 5.82 Å². The molecule has 1 fully saturated rings. The Kier molecular flexibility index (Phi) is 3.45. The monoisotopic (exact) mass is 287 g/mol. The first-order valence-corrected chi connectivity index (χ1v) is 5.90. The van der Waals surface area contributed by atoms with Crippen LogP contribution in [-0.4, -0.2) is 34.4 Å². The fourth-order valence-corrected chi connectivity index (χ4v) is 2.47. The SMILES string of the molecule is C[C@@]1(c2ccccc2F)[C@@H](F)CC(F)C(=O)N1C(=O)O. The lowest BCUT2D eigenvalue weighted by Crippen LogP contribution is -2.62. The van der Waals surface area contributed by atoms with Gasteiger partial charge in [0.2, 0.25) is 0 Å². The van der Waals surface area contributed by atoms with E-state index in [4.69, 9.17) is 5.11 Å². The Balaban J connectivity index is 2.63. The number of piperidine rings is 1. The van der Waals surface area contributed by atoms with Gasteiger partial charge in [0.25, 0.3) is 5.91 Å². The standard InChI is InChI=1S/C13H12F3NO3/c1-13(7-4-2-3-5-8(7)14)10(16)6-9(15)11(18)17(13)12(19)20/h2-5,9-10H,6H2,1H3,(H,19,20)/t9?,10-,13+/m0/s1. The Morgan fingerprint density at radius 3 is 2.55 bits per heavy atom. The summed E-state index contributed by atoms with van der Waals surface area (Å²) in [5.74, 6) is -2.23. The average Bonchev–Trinajstić information content (AvgIpc) is 2.36. The Morgan fingerprint density at radius 1 is 1.40 bits per heavy atom. The topological polar surface area (TPSA) is 57.6 Å². The summed E-state index contributed by atoms with van der Waals surface area (Å²) in [7, 11) is 0. The molecule has 108 valence electrons. The third-order valence-electron chi connectivity index (χ3n) is 3.59. The van der Waals surface area contributed by atoms with Gasteiger partial charge in [0.1, 0.15) is 17.5 Å². The van der Waals surface area contributed by atoms with Gasteiger partial charge in [-0.05, 0) is 13.0 Å². The van der Waals surface area contributed by atoms with Crippen LogP contribution in [0.3, 0.4) is 0 Å². The Labute approximate surface area is 112 Å². The summed E-state index contributed by atoms with van der Waals surface area (Å²) >= 11 is 0. The molecule has 0 bridgehead atoms. The van der Waals surface area contributed by atoms with Crippen LogP contribution < -0.4 is 0 Å². The average molecular weight is 287 g/mol. The highest BCUT2D eigenvalue weighted by molar-refractivity contribution is 5.95. The van der Waals surface area contributed by atoms with Crippen LogP contribution in [0.1, 0.15) is 18.9 Å². The molecule has 0 aliphatic carbocycles. The fourth-order valence-electron chi connectivity index (χ4n) is 2.47.